The molecule has 4 saturated heterocycles. The van der Waals surface area contributed by atoms with Gasteiger partial charge in [0.25, 0.3) is 0 Å². The number of H-pyrrole nitrogens is 1. The first-order valence-corrected chi connectivity index (χ1v) is 22.2. The first-order chi connectivity index (χ1) is 28.0. The van der Waals surface area contributed by atoms with Crippen molar-refractivity contribution in [2.24, 2.45) is 11.7 Å². The second-order valence-electron chi connectivity index (χ2n) is 18.3. The van der Waals surface area contributed by atoms with Crippen molar-refractivity contribution in [1.82, 2.24) is 29.7 Å². The number of aromatic amines is 1. The summed E-state index contributed by atoms with van der Waals surface area (Å²) in [6.07, 6.45) is 15.6. The average Bonchev–Trinajstić information content (AvgIpc) is 3.53. The van der Waals surface area contributed by atoms with Crippen molar-refractivity contribution < 1.29 is 24.1 Å². The van der Waals surface area contributed by atoms with Gasteiger partial charge >= 0.3 is 11.9 Å². The summed E-state index contributed by atoms with van der Waals surface area (Å²) in [5.74, 6) is 2.33. The summed E-state index contributed by atoms with van der Waals surface area (Å²) in [7, 11) is 0. The monoisotopic (exact) mass is 816 g/mol. The van der Waals surface area contributed by atoms with E-state index in [9.17, 15) is 9.59 Å². The van der Waals surface area contributed by atoms with Crippen LogP contribution in [0.4, 0.5) is 10.6 Å². The van der Waals surface area contributed by atoms with E-state index in [1.54, 1.807) is 6.33 Å². The van der Waals surface area contributed by atoms with Gasteiger partial charge in [-0.3, -0.25) is 9.79 Å². The smallest absolute Gasteiger partial charge is 0.425 e. The van der Waals surface area contributed by atoms with E-state index in [1.165, 1.54) is 19.3 Å². The number of hydrogen-bond acceptors (Lipinski definition) is 9. The van der Waals surface area contributed by atoms with Gasteiger partial charge in [0, 0.05) is 76.3 Å². The summed E-state index contributed by atoms with van der Waals surface area (Å²) in [6.45, 7) is 11.6. The van der Waals surface area contributed by atoms with E-state index in [0.29, 0.717) is 10.9 Å². The molecule has 6 heterocycles. The third-order valence-electron chi connectivity index (χ3n) is 13.3. The zero-order chi connectivity index (χ0) is 40.4. The van der Waals surface area contributed by atoms with Gasteiger partial charge < -0.3 is 34.9 Å². The highest BCUT2D eigenvalue weighted by atomic mass is 35.5. The van der Waals surface area contributed by atoms with Gasteiger partial charge in [0.05, 0.1) is 23.6 Å². The highest BCUT2D eigenvalue weighted by molar-refractivity contribution is 6.30. The Bertz CT molecular complexity index is 1900. The minimum atomic E-state index is -0.613. The van der Waals surface area contributed by atoms with Gasteiger partial charge in [-0.1, -0.05) is 43.0 Å². The van der Waals surface area contributed by atoms with E-state index in [0.717, 1.165) is 132 Å². The van der Waals surface area contributed by atoms with Crippen molar-refractivity contribution in [1.29, 1.82) is 0 Å². The fourth-order valence-electron chi connectivity index (χ4n) is 9.90. The molecule has 5 fully saturated rings. The zero-order valence-electron chi connectivity index (χ0n) is 34.6. The maximum Gasteiger partial charge on any atom is 0.508 e. The van der Waals surface area contributed by atoms with Crippen LogP contribution < -0.4 is 15.6 Å². The van der Waals surface area contributed by atoms with Crippen LogP contribution in [-0.4, -0.2) is 123 Å². The lowest BCUT2D eigenvalue weighted by molar-refractivity contribution is -0.511. The van der Waals surface area contributed by atoms with Gasteiger partial charge in [-0.25, -0.2) is 9.97 Å². The highest BCUT2D eigenvalue weighted by Crippen LogP contribution is 2.45. The Morgan fingerprint density at radius 2 is 1.60 bits per heavy atom. The molecule has 2 amide bonds. The lowest BCUT2D eigenvalue weighted by atomic mass is 9.83. The molecule has 2 atom stereocenters. The molecule has 0 unspecified atom stereocenters. The normalized spacial score (nSPS) is 23.1. The molecular formula is C44H63ClN9O4+. The maximum atomic E-state index is 13.8. The molecule has 5 aliphatic rings. The predicted molar refractivity (Wildman–Crippen MR) is 226 cm³/mol. The standard InChI is InChI=1S/C44H62ClN9O4/c1-43(2,3)58-42(56)54-41(44(54)19-27-52(28-20-44)39-35-13-21-47-38(35)48-29-49-39)50-36(30-9-11-32(45)12-10-30)18-24-51-22-14-33(15-23-51)57-34-16-25-53(26-17-34)40(55)37(46)31-7-5-4-6-8-31/h9-13,21,29,31,33-34,36-37H,4-8,14-20,22-28,46H2,1-3H3,(H,47,48,49)/p+1/t36-,37+,54?/m0/s1. The minimum absolute atomic E-state index is 0.0240. The number of piperidine rings is 3. The molecule has 4 aliphatic heterocycles. The van der Waals surface area contributed by atoms with Crippen molar-refractivity contribution >= 4 is 46.3 Å². The Morgan fingerprint density at radius 1 is 0.931 bits per heavy atom. The minimum Gasteiger partial charge on any atom is -0.425 e. The van der Waals surface area contributed by atoms with Crippen LogP contribution in [0, 0.1) is 5.92 Å². The van der Waals surface area contributed by atoms with Crippen molar-refractivity contribution in [2.45, 2.75) is 133 Å². The number of nitrogens with one attached hydrogen (secondary N) is 2. The number of benzene rings is 1. The zero-order valence-corrected chi connectivity index (χ0v) is 35.4. The van der Waals surface area contributed by atoms with E-state index in [2.05, 4.69) is 41.9 Å². The Balaban J connectivity index is 0.884. The molecule has 13 nitrogen and oxygen atoms in total. The molecule has 2 aromatic heterocycles. The van der Waals surface area contributed by atoms with Crippen LogP contribution >= 0.6 is 11.6 Å². The Morgan fingerprint density at radius 3 is 2.28 bits per heavy atom. The van der Waals surface area contributed by atoms with Crippen molar-refractivity contribution in [2.75, 3.05) is 50.7 Å². The van der Waals surface area contributed by atoms with Gasteiger partial charge in [-0.2, -0.15) is 4.79 Å². The molecule has 314 valence electrons. The van der Waals surface area contributed by atoms with E-state index >= 15 is 0 Å². The van der Waals surface area contributed by atoms with Crippen molar-refractivity contribution in [3.63, 3.8) is 0 Å². The van der Waals surface area contributed by atoms with Crippen LogP contribution in [0.3, 0.4) is 0 Å². The first-order valence-electron chi connectivity index (χ1n) is 21.9. The maximum absolute atomic E-state index is 13.8. The highest BCUT2D eigenvalue weighted by Gasteiger charge is 2.74. The van der Waals surface area contributed by atoms with Gasteiger partial charge in [-0.15, -0.1) is 4.90 Å². The number of rotatable bonds is 10. The average molecular weight is 817 g/mol. The van der Waals surface area contributed by atoms with E-state index in [1.807, 2.05) is 55.0 Å². The molecule has 58 heavy (non-hydrogen) atoms. The van der Waals surface area contributed by atoms with Gasteiger partial charge in [0.15, 0.2) is 0 Å². The third kappa shape index (κ3) is 9.17. The summed E-state index contributed by atoms with van der Waals surface area (Å²) in [4.78, 5) is 51.8. The van der Waals surface area contributed by atoms with Crippen LogP contribution in [0.1, 0.15) is 109 Å². The molecule has 0 radical (unpaired) electrons. The van der Waals surface area contributed by atoms with Crippen molar-refractivity contribution in [3.05, 3.63) is 53.4 Å². The topological polar surface area (TPSA) is 147 Å². The van der Waals surface area contributed by atoms with Gasteiger partial charge in [0.1, 0.15) is 29.4 Å². The molecule has 1 aromatic carbocycles. The first kappa shape index (κ1) is 41.0. The molecule has 14 heteroatoms. The molecule has 8 rings (SSSR count). The number of likely N-dealkylation sites (tertiary alicyclic amines) is 2. The number of nitrogens with two attached hydrogens (primary N) is 1. The molecule has 0 bridgehead atoms. The van der Waals surface area contributed by atoms with E-state index in [-0.39, 0.29) is 36.3 Å². The number of amides is 2. The van der Waals surface area contributed by atoms with E-state index in [4.69, 9.17) is 26.8 Å². The van der Waals surface area contributed by atoms with Crippen LogP contribution in [-0.2, 0) is 14.3 Å². The number of anilines is 1. The summed E-state index contributed by atoms with van der Waals surface area (Å²) in [5.41, 5.74) is 7.38. The van der Waals surface area contributed by atoms with Crippen molar-refractivity contribution in [3.8, 4) is 0 Å². The molecule has 1 saturated carbocycles. The molecule has 1 spiro atoms. The molecular weight excluding hydrogens is 754 g/mol. The fraction of sp³-hybridized carbons (Fsp3) is 0.659. The number of ether oxygens (including phenoxy) is 2. The molecule has 1 aliphatic carbocycles. The summed E-state index contributed by atoms with van der Waals surface area (Å²) in [6, 6.07) is 9.72. The number of aromatic nitrogens is 3. The van der Waals surface area contributed by atoms with Crippen LogP contribution in [0.25, 0.3) is 11.0 Å². The largest absolute Gasteiger partial charge is 0.508 e. The number of carbonyl (C=O) groups is 2. The van der Waals surface area contributed by atoms with Gasteiger partial charge in [-0.05, 0) is 89.0 Å². The summed E-state index contributed by atoms with van der Waals surface area (Å²) in [5, 5.41) is 1.70. The Hall–Kier alpha value is -3.78. The van der Waals surface area contributed by atoms with Crippen LogP contribution in [0.2, 0.25) is 5.02 Å². The SMILES string of the molecule is CC(C)(C)OC(=O)N1C(=[NH+][C@@H](CCN2CCC(OC3CCN(C(=O)[C@H](N)C4CCCCC4)CC3)CC2)c2ccc(Cl)cc2)C12CCN(c1ncnc3[nH]ccc13)CC2. The lowest BCUT2D eigenvalue weighted by Crippen LogP contribution is -2.74. The van der Waals surface area contributed by atoms with Gasteiger partial charge in [0.2, 0.25) is 11.4 Å². The second kappa shape index (κ2) is 17.4. The number of halogens is 1. The molecule has 4 N–H and O–H groups in total. The summed E-state index contributed by atoms with van der Waals surface area (Å²) >= 11 is 6.36. The number of nitrogens with zero attached hydrogens (tertiary/aromatic N) is 6. The Kier molecular flexibility index (Phi) is 12.3. The van der Waals surface area contributed by atoms with E-state index < -0.39 is 11.1 Å². The molecule has 3 aromatic rings. The Labute approximate surface area is 348 Å². The predicted octanol–water partition coefficient (Wildman–Crippen LogP) is 5.19. The summed E-state index contributed by atoms with van der Waals surface area (Å²) < 4.78 is 12.6. The fourth-order valence-corrected chi connectivity index (χ4v) is 10.0. The number of carbonyl (C=O) groups excluding carboxylic acids is 2. The third-order valence-corrected chi connectivity index (χ3v) is 13.5. The quantitative estimate of drug-likeness (QED) is 0.236. The van der Waals surface area contributed by atoms with Crippen LogP contribution in [0.15, 0.2) is 42.9 Å². The number of amidine groups is 1. The lowest BCUT2D eigenvalue weighted by Gasteiger charge is -2.38. The number of fused-ring (bicyclic) bond motifs is 1. The second-order valence-corrected chi connectivity index (χ2v) is 18.7. The number of hydrogen-bond donors (Lipinski definition) is 3. The van der Waals surface area contributed by atoms with Crippen LogP contribution in [0.5, 0.6) is 0 Å².